The molecule has 0 radical (unpaired) electrons. The molecule has 54 valence electrons. The van der Waals surface area contributed by atoms with Gasteiger partial charge in [0.15, 0.2) is 0 Å². The van der Waals surface area contributed by atoms with Gasteiger partial charge in [-0.25, -0.2) is 0 Å². The first kappa shape index (κ1) is 7.29. The summed E-state index contributed by atoms with van der Waals surface area (Å²) in [5.41, 5.74) is 6.80. The summed E-state index contributed by atoms with van der Waals surface area (Å²) >= 11 is 0. The Bertz CT molecular complexity index is 207. The van der Waals surface area contributed by atoms with Crippen molar-refractivity contribution in [2.75, 3.05) is 0 Å². The van der Waals surface area contributed by atoms with Gasteiger partial charge >= 0.3 is 0 Å². The molecule has 1 aliphatic rings. The quantitative estimate of drug-likeness (QED) is 0.538. The van der Waals surface area contributed by atoms with Crippen molar-refractivity contribution in [3.05, 3.63) is 36.0 Å². The molecule has 1 rings (SSSR count). The van der Waals surface area contributed by atoms with Crippen molar-refractivity contribution in [1.82, 2.24) is 0 Å². The number of hydrogen-bond acceptors (Lipinski definition) is 1. The van der Waals surface area contributed by atoms with Gasteiger partial charge in [-0.3, -0.25) is 0 Å². The minimum Gasteiger partial charge on any atom is -0.319 e. The second-order valence-corrected chi connectivity index (χ2v) is 2.97. The van der Waals surface area contributed by atoms with Crippen LogP contribution in [0.2, 0.25) is 0 Å². The second kappa shape index (κ2) is 2.43. The molecule has 0 heterocycles. The van der Waals surface area contributed by atoms with Crippen molar-refractivity contribution in [2.45, 2.75) is 19.4 Å². The molecule has 0 spiro atoms. The minimum absolute atomic E-state index is 0.270. The minimum atomic E-state index is -0.270. The summed E-state index contributed by atoms with van der Waals surface area (Å²) in [6.07, 6.45) is 10.1. The summed E-state index contributed by atoms with van der Waals surface area (Å²) in [5, 5.41) is 0. The number of nitrogens with two attached hydrogens (primary N) is 1. The van der Waals surface area contributed by atoms with Gasteiger partial charge in [-0.15, -0.1) is 0 Å². The lowest BCUT2D eigenvalue weighted by Crippen LogP contribution is -2.30. The fourth-order valence-electron chi connectivity index (χ4n) is 0.829. The number of allylic oxidation sites excluding steroid dienone is 4. The molecule has 1 atom stereocenters. The van der Waals surface area contributed by atoms with Crippen molar-refractivity contribution in [3.63, 3.8) is 0 Å². The summed E-state index contributed by atoms with van der Waals surface area (Å²) in [4.78, 5) is 0. The standard InChI is InChI=1S/C9H13N/c1-8-4-3-6-9(2,10)7-5-8/h3-7H,10H2,1-2H3. The molecular weight excluding hydrogens is 122 g/mol. The van der Waals surface area contributed by atoms with E-state index in [9.17, 15) is 0 Å². The lowest BCUT2D eigenvalue weighted by Gasteiger charge is -2.12. The molecule has 2 N–H and O–H groups in total. The van der Waals surface area contributed by atoms with Gasteiger partial charge in [0, 0.05) is 0 Å². The molecule has 1 aliphatic carbocycles. The van der Waals surface area contributed by atoms with E-state index in [4.69, 9.17) is 5.73 Å². The highest BCUT2D eigenvalue weighted by atomic mass is 14.7. The van der Waals surface area contributed by atoms with E-state index < -0.39 is 0 Å². The molecule has 1 nitrogen and oxygen atoms in total. The van der Waals surface area contributed by atoms with Crippen LogP contribution >= 0.6 is 0 Å². The van der Waals surface area contributed by atoms with Gasteiger partial charge in [0.1, 0.15) is 0 Å². The zero-order chi connectivity index (χ0) is 7.61. The molecule has 1 heteroatoms. The highest BCUT2D eigenvalue weighted by Gasteiger charge is 2.08. The summed E-state index contributed by atoms with van der Waals surface area (Å²) in [7, 11) is 0. The van der Waals surface area contributed by atoms with E-state index in [-0.39, 0.29) is 5.54 Å². The van der Waals surface area contributed by atoms with Crippen LogP contribution < -0.4 is 5.73 Å². The van der Waals surface area contributed by atoms with Gasteiger partial charge in [-0.1, -0.05) is 36.0 Å². The number of hydrogen-bond donors (Lipinski definition) is 1. The average Bonchev–Trinajstić information content (AvgIpc) is 1.94. The van der Waals surface area contributed by atoms with E-state index in [1.165, 1.54) is 5.57 Å². The van der Waals surface area contributed by atoms with Crippen LogP contribution in [0.1, 0.15) is 13.8 Å². The molecule has 0 bridgehead atoms. The van der Waals surface area contributed by atoms with E-state index in [0.29, 0.717) is 0 Å². The smallest absolute Gasteiger partial charge is 0.0502 e. The predicted molar refractivity (Wildman–Crippen MR) is 44.6 cm³/mol. The summed E-state index contributed by atoms with van der Waals surface area (Å²) < 4.78 is 0. The Morgan fingerprint density at radius 1 is 1.40 bits per heavy atom. The van der Waals surface area contributed by atoms with Gasteiger partial charge in [0.2, 0.25) is 0 Å². The lowest BCUT2D eigenvalue weighted by atomic mass is 10.0. The summed E-state index contributed by atoms with van der Waals surface area (Å²) in [6, 6.07) is 0. The predicted octanol–water partition coefficient (Wildman–Crippen LogP) is 1.78. The van der Waals surface area contributed by atoms with Gasteiger partial charge in [0.25, 0.3) is 0 Å². The molecule has 0 aromatic heterocycles. The molecule has 0 aliphatic heterocycles. The third-order valence-corrected chi connectivity index (χ3v) is 1.52. The van der Waals surface area contributed by atoms with Crippen molar-refractivity contribution in [1.29, 1.82) is 0 Å². The van der Waals surface area contributed by atoms with Crippen LogP contribution in [0.15, 0.2) is 36.0 Å². The maximum atomic E-state index is 5.83. The lowest BCUT2D eigenvalue weighted by molar-refractivity contribution is 0.736. The zero-order valence-corrected chi connectivity index (χ0v) is 6.46. The maximum absolute atomic E-state index is 5.83. The second-order valence-electron chi connectivity index (χ2n) is 2.97. The van der Waals surface area contributed by atoms with Crippen LogP contribution in [0.3, 0.4) is 0 Å². The Balaban J connectivity index is 2.88. The summed E-state index contributed by atoms with van der Waals surface area (Å²) in [5.74, 6) is 0. The van der Waals surface area contributed by atoms with Crippen molar-refractivity contribution >= 4 is 0 Å². The van der Waals surface area contributed by atoms with Crippen LogP contribution in [0.4, 0.5) is 0 Å². The van der Waals surface area contributed by atoms with Crippen molar-refractivity contribution in [3.8, 4) is 0 Å². The highest BCUT2D eigenvalue weighted by Crippen LogP contribution is 2.10. The van der Waals surface area contributed by atoms with Gasteiger partial charge in [0.05, 0.1) is 5.54 Å². The first-order chi connectivity index (χ1) is 4.60. The molecule has 0 saturated carbocycles. The molecule has 0 aromatic carbocycles. The Labute approximate surface area is 61.9 Å². The SMILES string of the molecule is CC1=CC=CC(C)(N)C=C1. The van der Waals surface area contributed by atoms with Gasteiger partial charge in [-0.05, 0) is 13.8 Å². The zero-order valence-electron chi connectivity index (χ0n) is 6.46. The third-order valence-electron chi connectivity index (χ3n) is 1.52. The third kappa shape index (κ3) is 1.85. The van der Waals surface area contributed by atoms with Crippen LogP contribution in [0.25, 0.3) is 0 Å². The largest absolute Gasteiger partial charge is 0.319 e. The monoisotopic (exact) mass is 135 g/mol. The Kier molecular flexibility index (Phi) is 1.77. The van der Waals surface area contributed by atoms with E-state index in [1.807, 2.05) is 31.2 Å². The van der Waals surface area contributed by atoms with Crippen LogP contribution in [-0.4, -0.2) is 5.54 Å². The first-order valence-corrected chi connectivity index (χ1v) is 3.44. The normalized spacial score (nSPS) is 31.7. The van der Waals surface area contributed by atoms with Gasteiger partial charge < -0.3 is 5.73 Å². The molecule has 0 amide bonds. The Hall–Kier alpha value is -0.820. The molecule has 1 unspecified atom stereocenters. The molecule has 0 aromatic rings. The van der Waals surface area contributed by atoms with Crippen LogP contribution in [0.5, 0.6) is 0 Å². The average molecular weight is 135 g/mol. The van der Waals surface area contributed by atoms with E-state index in [2.05, 4.69) is 13.0 Å². The molecule has 10 heavy (non-hydrogen) atoms. The molecule has 0 fully saturated rings. The highest BCUT2D eigenvalue weighted by molar-refractivity contribution is 5.31. The number of rotatable bonds is 0. The van der Waals surface area contributed by atoms with Gasteiger partial charge in [-0.2, -0.15) is 0 Å². The van der Waals surface area contributed by atoms with Crippen molar-refractivity contribution < 1.29 is 0 Å². The van der Waals surface area contributed by atoms with Crippen molar-refractivity contribution in [2.24, 2.45) is 5.73 Å². The van der Waals surface area contributed by atoms with E-state index in [1.54, 1.807) is 0 Å². The maximum Gasteiger partial charge on any atom is 0.0502 e. The fraction of sp³-hybridized carbons (Fsp3) is 0.333. The molecular formula is C9H13N. The fourth-order valence-corrected chi connectivity index (χ4v) is 0.829. The van der Waals surface area contributed by atoms with Crippen LogP contribution in [0, 0.1) is 0 Å². The first-order valence-electron chi connectivity index (χ1n) is 3.44. The van der Waals surface area contributed by atoms with Crippen LogP contribution in [-0.2, 0) is 0 Å². The summed E-state index contributed by atoms with van der Waals surface area (Å²) in [6.45, 7) is 4.04. The Morgan fingerprint density at radius 3 is 2.80 bits per heavy atom. The topological polar surface area (TPSA) is 26.0 Å². The molecule has 0 saturated heterocycles. The Morgan fingerprint density at radius 2 is 2.10 bits per heavy atom. The van der Waals surface area contributed by atoms with E-state index in [0.717, 1.165) is 0 Å². The van der Waals surface area contributed by atoms with E-state index >= 15 is 0 Å².